The van der Waals surface area contributed by atoms with E-state index in [1.165, 1.54) is 10.6 Å². The maximum Gasteiger partial charge on any atom is 0.311 e. The molecule has 4 aromatic rings. The Balaban J connectivity index is 1.46. The molecular formula is C32H36F3N3O3Si. The van der Waals surface area contributed by atoms with Crippen LogP contribution in [0.2, 0.25) is 25.7 Å². The Labute approximate surface area is 245 Å². The normalized spacial score (nSPS) is 18.5. The zero-order valence-corrected chi connectivity index (χ0v) is 25.4. The summed E-state index contributed by atoms with van der Waals surface area (Å²) in [6.45, 7) is 12.3. The molecule has 0 amide bonds. The number of benzene rings is 2. The number of imidazole rings is 1. The number of fused-ring (bicyclic) bond motifs is 1. The van der Waals surface area contributed by atoms with E-state index in [9.17, 15) is 8.78 Å². The summed E-state index contributed by atoms with van der Waals surface area (Å²) in [6, 6.07) is 17.4. The van der Waals surface area contributed by atoms with E-state index < -0.39 is 32.0 Å². The van der Waals surface area contributed by atoms with Gasteiger partial charge < -0.3 is 14.2 Å². The summed E-state index contributed by atoms with van der Waals surface area (Å²) in [6.07, 6.45) is -0.835. The lowest BCUT2D eigenvalue weighted by molar-refractivity contribution is -0.107. The fourth-order valence-corrected chi connectivity index (χ4v) is 5.61. The van der Waals surface area contributed by atoms with E-state index in [2.05, 4.69) is 36.2 Å². The fraction of sp³-hybridized carbons (Fsp3) is 0.375. The topological polar surface area (TPSA) is 58.4 Å². The van der Waals surface area contributed by atoms with Gasteiger partial charge in [0.1, 0.15) is 18.5 Å². The maximum atomic E-state index is 15.5. The van der Waals surface area contributed by atoms with Crippen molar-refractivity contribution in [3.05, 3.63) is 72.6 Å². The molecule has 0 saturated carbocycles. The van der Waals surface area contributed by atoms with E-state index in [1.807, 2.05) is 36.4 Å². The highest BCUT2D eigenvalue weighted by Gasteiger charge is 2.55. The molecule has 5 rings (SSSR count). The van der Waals surface area contributed by atoms with Crippen LogP contribution in [0, 0.1) is 5.82 Å². The van der Waals surface area contributed by atoms with Gasteiger partial charge in [-0.05, 0) is 29.2 Å². The quantitative estimate of drug-likeness (QED) is 0.130. The second-order valence-electron chi connectivity index (χ2n) is 11.7. The van der Waals surface area contributed by atoms with Crippen molar-refractivity contribution in [1.29, 1.82) is 0 Å². The van der Waals surface area contributed by atoms with Gasteiger partial charge in [-0.25, -0.2) is 9.37 Å². The maximum absolute atomic E-state index is 15.5. The van der Waals surface area contributed by atoms with Crippen molar-refractivity contribution in [3.8, 4) is 28.4 Å². The number of alkyl halides is 2. The van der Waals surface area contributed by atoms with Crippen LogP contribution in [0.3, 0.4) is 0 Å². The number of hydrogen-bond donors (Lipinski definition) is 0. The molecule has 0 N–H and O–H groups in total. The first-order valence-electron chi connectivity index (χ1n) is 14.1. The standard InChI is InChI=1S/C32H36F3N3O3Si/c1-6-21-8-10-22(11-9-21)23-12-14-24(15-13-23)29-25(33)18-26-30(36-29)37-31(38(26)20-39-16-17-42(3,4)5)41-28-19-40-27(7-2)32(28,34)35/h6,8-15,18,27-28H,1,7,16-17,19-20H2,2-5H3/t27-,28-/m1/s1. The summed E-state index contributed by atoms with van der Waals surface area (Å²) in [5.41, 5.74) is 4.15. The molecule has 222 valence electrons. The number of ether oxygens (including phenoxy) is 3. The van der Waals surface area contributed by atoms with Crippen LogP contribution in [0.4, 0.5) is 13.2 Å². The molecular weight excluding hydrogens is 559 g/mol. The molecule has 42 heavy (non-hydrogen) atoms. The van der Waals surface area contributed by atoms with Crippen LogP contribution in [0.15, 0.2) is 61.2 Å². The summed E-state index contributed by atoms with van der Waals surface area (Å²) in [5, 5.41) is 0. The van der Waals surface area contributed by atoms with Gasteiger partial charge in [0.25, 0.3) is 0 Å². The number of rotatable bonds is 11. The molecule has 0 unspecified atom stereocenters. The number of nitrogens with zero attached hydrogens (tertiary/aromatic N) is 3. The van der Waals surface area contributed by atoms with Crippen molar-refractivity contribution in [2.24, 2.45) is 0 Å². The SMILES string of the molecule is C=Cc1ccc(-c2ccc(-c3nc4nc(O[C@@H]5CO[C@H](CC)C5(F)F)n(COCC[Si](C)(C)C)c4cc3F)cc2)cc1. The number of pyridine rings is 1. The van der Waals surface area contributed by atoms with Gasteiger partial charge in [0.15, 0.2) is 17.6 Å². The third-order valence-electron chi connectivity index (χ3n) is 7.44. The highest BCUT2D eigenvalue weighted by Crippen LogP contribution is 2.37. The minimum absolute atomic E-state index is 0.0352. The van der Waals surface area contributed by atoms with E-state index in [0.29, 0.717) is 17.7 Å². The molecule has 0 spiro atoms. The molecule has 2 aromatic heterocycles. The second kappa shape index (κ2) is 12.0. The van der Waals surface area contributed by atoms with Gasteiger partial charge in [0.05, 0.1) is 12.1 Å². The van der Waals surface area contributed by atoms with Crippen LogP contribution in [0.25, 0.3) is 39.6 Å². The summed E-state index contributed by atoms with van der Waals surface area (Å²) in [5.74, 6) is -3.77. The molecule has 1 saturated heterocycles. The van der Waals surface area contributed by atoms with Crippen LogP contribution >= 0.6 is 0 Å². The summed E-state index contributed by atoms with van der Waals surface area (Å²) >= 11 is 0. The monoisotopic (exact) mass is 595 g/mol. The molecule has 0 bridgehead atoms. The van der Waals surface area contributed by atoms with E-state index in [1.54, 1.807) is 25.1 Å². The Bertz CT molecular complexity index is 1550. The van der Waals surface area contributed by atoms with Crippen molar-refractivity contribution < 1.29 is 27.4 Å². The van der Waals surface area contributed by atoms with Crippen LogP contribution in [-0.2, 0) is 16.2 Å². The van der Waals surface area contributed by atoms with Crippen molar-refractivity contribution in [2.45, 2.75) is 63.9 Å². The van der Waals surface area contributed by atoms with E-state index in [4.69, 9.17) is 14.2 Å². The molecule has 0 radical (unpaired) electrons. The predicted molar refractivity (Wildman–Crippen MR) is 162 cm³/mol. The molecule has 1 fully saturated rings. The molecule has 1 aliphatic heterocycles. The van der Waals surface area contributed by atoms with Gasteiger partial charge in [-0.15, -0.1) is 0 Å². The smallest absolute Gasteiger partial charge is 0.311 e. The first-order chi connectivity index (χ1) is 20.0. The molecule has 2 aromatic carbocycles. The van der Waals surface area contributed by atoms with Crippen LogP contribution in [0.1, 0.15) is 18.9 Å². The highest BCUT2D eigenvalue weighted by atomic mass is 28.3. The Morgan fingerprint density at radius 1 is 1.05 bits per heavy atom. The largest absolute Gasteiger partial charge is 0.452 e. The molecule has 6 nitrogen and oxygen atoms in total. The number of halogens is 3. The first kappa shape index (κ1) is 30.0. The Morgan fingerprint density at radius 2 is 1.69 bits per heavy atom. The molecule has 1 aliphatic rings. The predicted octanol–water partition coefficient (Wildman–Crippen LogP) is 8.05. The second-order valence-corrected chi connectivity index (χ2v) is 17.4. The van der Waals surface area contributed by atoms with Crippen LogP contribution in [0.5, 0.6) is 6.01 Å². The van der Waals surface area contributed by atoms with Crippen molar-refractivity contribution in [3.63, 3.8) is 0 Å². The third kappa shape index (κ3) is 6.30. The Morgan fingerprint density at radius 3 is 2.29 bits per heavy atom. The lowest BCUT2D eigenvalue weighted by Gasteiger charge is -2.22. The zero-order chi connectivity index (χ0) is 30.1. The van der Waals surface area contributed by atoms with Crippen molar-refractivity contribution in [1.82, 2.24) is 14.5 Å². The van der Waals surface area contributed by atoms with Gasteiger partial charge in [0, 0.05) is 26.3 Å². The molecule has 0 aliphatic carbocycles. The van der Waals surface area contributed by atoms with E-state index in [0.717, 1.165) is 22.7 Å². The molecule has 3 heterocycles. The van der Waals surface area contributed by atoms with E-state index >= 15 is 4.39 Å². The summed E-state index contributed by atoms with van der Waals surface area (Å²) in [7, 11) is -1.36. The molecule has 2 atom stereocenters. The van der Waals surface area contributed by atoms with E-state index in [-0.39, 0.29) is 37.1 Å². The Kier molecular flexibility index (Phi) is 8.59. The van der Waals surface area contributed by atoms with Gasteiger partial charge >= 0.3 is 11.9 Å². The zero-order valence-electron chi connectivity index (χ0n) is 24.4. The van der Waals surface area contributed by atoms with Crippen molar-refractivity contribution in [2.75, 3.05) is 13.2 Å². The van der Waals surface area contributed by atoms with Crippen LogP contribution in [-0.4, -0.2) is 54.0 Å². The average Bonchev–Trinajstić information content (AvgIpc) is 3.44. The third-order valence-corrected chi connectivity index (χ3v) is 9.14. The van der Waals surface area contributed by atoms with Gasteiger partial charge in [-0.2, -0.15) is 13.8 Å². The average molecular weight is 596 g/mol. The van der Waals surface area contributed by atoms with Crippen LogP contribution < -0.4 is 4.74 Å². The van der Waals surface area contributed by atoms with Gasteiger partial charge in [0.2, 0.25) is 0 Å². The number of hydrogen-bond acceptors (Lipinski definition) is 5. The first-order valence-corrected chi connectivity index (χ1v) is 17.8. The highest BCUT2D eigenvalue weighted by molar-refractivity contribution is 6.76. The van der Waals surface area contributed by atoms with Gasteiger partial charge in [-0.1, -0.05) is 87.8 Å². The summed E-state index contributed by atoms with van der Waals surface area (Å²) in [4.78, 5) is 8.92. The molecule has 10 heteroatoms. The number of aromatic nitrogens is 3. The minimum atomic E-state index is -3.20. The van der Waals surface area contributed by atoms with Crippen molar-refractivity contribution >= 4 is 25.3 Å². The Hall–Kier alpha value is -3.47. The summed E-state index contributed by atoms with van der Waals surface area (Å²) < 4.78 is 63.8. The fourth-order valence-electron chi connectivity index (χ4n) is 4.85. The lowest BCUT2D eigenvalue weighted by atomic mass is 10.0. The minimum Gasteiger partial charge on any atom is -0.452 e. The lowest BCUT2D eigenvalue weighted by Crippen LogP contribution is -2.41. The van der Waals surface area contributed by atoms with Gasteiger partial charge in [-0.3, -0.25) is 4.57 Å².